The molecule has 1 rings (SSSR count). The molecule has 0 aliphatic rings. The van der Waals surface area contributed by atoms with Crippen LogP contribution in [-0.4, -0.2) is 19.0 Å². The fraction of sp³-hybridized carbons (Fsp3) is 0.222. The van der Waals surface area contributed by atoms with Crippen molar-refractivity contribution in [1.82, 2.24) is 5.32 Å². The van der Waals surface area contributed by atoms with Gasteiger partial charge in [0.25, 0.3) is 5.78 Å². The highest BCUT2D eigenvalue weighted by Crippen LogP contribution is 2.22. The van der Waals surface area contributed by atoms with Gasteiger partial charge in [-0.1, -0.05) is 12.1 Å². The molecule has 0 heterocycles. The normalized spacial score (nSPS) is 11.1. The van der Waals surface area contributed by atoms with Crippen LogP contribution < -0.4 is 5.32 Å². The molecule has 1 radical (unpaired) electrons. The van der Waals surface area contributed by atoms with E-state index in [1.54, 1.807) is 0 Å². The van der Waals surface area contributed by atoms with Gasteiger partial charge in [0, 0.05) is 12.6 Å². The maximum atomic E-state index is 12.0. The highest BCUT2D eigenvalue weighted by molar-refractivity contribution is 6.00. The first-order valence-electron chi connectivity index (χ1n) is 3.76. The van der Waals surface area contributed by atoms with E-state index in [1.807, 2.05) is 0 Å². The third-order valence-electron chi connectivity index (χ3n) is 1.62. The lowest BCUT2D eigenvalue weighted by atomic mass is 10.1. The molecule has 0 atom stereocenters. The average molecular weight is 202 g/mol. The van der Waals surface area contributed by atoms with Crippen LogP contribution in [-0.2, 0) is 0 Å². The fourth-order valence-corrected chi connectivity index (χ4v) is 0.950. The lowest BCUT2D eigenvalue weighted by Crippen LogP contribution is -2.22. The second-order valence-corrected chi connectivity index (χ2v) is 2.60. The van der Waals surface area contributed by atoms with Crippen LogP contribution in [0.2, 0.25) is 0 Å². The number of rotatable bonds is 2. The highest BCUT2D eigenvalue weighted by Gasteiger charge is 2.39. The zero-order valence-corrected chi connectivity index (χ0v) is 7.30. The van der Waals surface area contributed by atoms with Crippen LogP contribution in [0.1, 0.15) is 10.4 Å². The van der Waals surface area contributed by atoms with Gasteiger partial charge in [-0.15, -0.1) is 0 Å². The summed E-state index contributed by atoms with van der Waals surface area (Å²) in [6.07, 6.45) is -4.83. The Bertz CT molecular complexity index is 346. The SMILES string of the molecule is C[N]c1cccc(C(=O)C(F)(F)F)c1. The van der Waals surface area contributed by atoms with Crippen molar-refractivity contribution >= 4 is 11.5 Å². The van der Waals surface area contributed by atoms with Crippen molar-refractivity contribution in [3.05, 3.63) is 29.8 Å². The molecule has 0 N–H and O–H groups in total. The molecule has 14 heavy (non-hydrogen) atoms. The van der Waals surface area contributed by atoms with E-state index in [9.17, 15) is 18.0 Å². The van der Waals surface area contributed by atoms with E-state index in [4.69, 9.17) is 0 Å². The van der Waals surface area contributed by atoms with E-state index in [0.29, 0.717) is 5.69 Å². The Balaban J connectivity index is 3.02. The predicted molar refractivity (Wildman–Crippen MR) is 44.5 cm³/mol. The van der Waals surface area contributed by atoms with Gasteiger partial charge < -0.3 is 0 Å². The van der Waals surface area contributed by atoms with Gasteiger partial charge >= 0.3 is 6.18 Å². The van der Waals surface area contributed by atoms with Crippen LogP contribution in [0.4, 0.5) is 18.9 Å². The third kappa shape index (κ3) is 2.25. The largest absolute Gasteiger partial charge is 0.454 e. The Hall–Kier alpha value is -1.52. The van der Waals surface area contributed by atoms with Gasteiger partial charge in [0.05, 0.1) is 5.69 Å². The summed E-state index contributed by atoms with van der Waals surface area (Å²) >= 11 is 0. The molecule has 0 amide bonds. The van der Waals surface area contributed by atoms with Gasteiger partial charge in [-0.2, -0.15) is 13.2 Å². The molecule has 1 aromatic rings. The maximum absolute atomic E-state index is 12.0. The molecule has 5 heteroatoms. The summed E-state index contributed by atoms with van der Waals surface area (Å²) in [5, 5.41) is 3.68. The average Bonchev–Trinajstić information content (AvgIpc) is 2.15. The molecule has 0 aliphatic carbocycles. The van der Waals surface area contributed by atoms with Gasteiger partial charge in [-0.05, 0) is 12.1 Å². The standard InChI is InChI=1S/C9H7F3NO/c1-13-7-4-2-3-6(5-7)8(14)9(10,11)12/h2-5H,1H3. The van der Waals surface area contributed by atoms with Crippen molar-refractivity contribution in [3.8, 4) is 0 Å². The van der Waals surface area contributed by atoms with E-state index in [-0.39, 0.29) is 5.56 Å². The van der Waals surface area contributed by atoms with Crippen molar-refractivity contribution < 1.29 is 18.0 Å². The molecule has 0 fully saturated rings. The van der Waals surface area contributed by atoms with Gasteiger partial charge in [-0.25, -0.2) is 0 Å². The Morgan fingerprint density at radius 3 is 2.50 bits per heavy atom. The second-order valence-electron chi connectivity index (χ2n) is 2.60. The zero-order chi connectivity index (χ0) is 10.8. The van der Waals surface area contributed by atoms with Gasteiger partial charge in [-0.3, -0.25) is 10.1 Å². The van der Waals surface area contributed by atoms with E-state index in [0.717, 1.165) is 12.1 Å². The number of halogens is 3. The minimum Gasteiger partial charge on any atom is -0.289 e. The highest BCUT2D eigenvalue weighted by atomic mass is 19.4. The number of benzene rings is 1. The number of Topliss-reactive ketones (excluding diaryl/α,β-unsaturated/α-hetero) is 1. The number of alkyl halides is 3. The fourth-order valence-electron chi connectivity index (χ4n) is 0.950. The lowest BCUT2D eigenvalue weighted by molar-refractivity contribution is -0.0885. The molecule has 2 nitrogen and oxygen atoms in total. The smallest absolute Gasteiger partial charge is 0.289 e. The third-order valence-corrected chi connectivity index (χ3v) is 1.62. The first kappa shape index (κ1) is 10.6. The first-order chi connectivity index (χ1) is 6.45. The quantitative estimate of drug-likeness (QED) is 0.677. The molecular weight excluding hydrogens is 195 g/mol. The summed E-state index contributed by atoms with van der Waals surface area (Å²) in [4.78, 5) is 10.8. The van der Waals surface area contributed by atoms with Gasteiger partial charge in [0.15, 0.2) is 0 Å². The number of carbonyl (C=O) groups is 1. The Morgan fingerprint density at radius 1 is 1.36 bits per heavy atom. The van der Waals surface area contributed by atoms with Crippen LogP contribution in [0, 0.1) is 0 Å². The number of ketones is 1. The van der Waals surface area contributed by atoms with E-state index < -0.39 is 12.0 Å². The molecule has 1 aromatic carbocycles. The van der Waals surface area contributed by atoms with Crippen LogP contribution in [0.15, 0.2) is 24.3 Å². The number of nitrogens with zero attached hydrogens (tertiary/aromatic N) is 1. The summed E-state index contributed by atoms with van der Waals surface area (Å²) in [6.45, 7) is 0. The molecular formula is C9H7F3NO. The van der Waals surface area contributed by atoms with Crippen molar-refractivity contribution in [2.24, 2.45) is 0 Å². The van der Waals surface area contributed by atoms with E-state index in [1.165, 1.54) is 19.2 Å². The second kappa shape index (κ2) is 3.69. The van der Waals surface area contributed by atoms with Crippen molar-refractivity contribution in [3.63, 3.8) is 0 Å². The number of hydrogen-bond donors (Lipinski definition) is 0. The van der Waals surface area contributed by atoms with Crippen molar-refractivity contribution in [1.29, 1.82) is 0 Å². The van der Waals surface area contributed by atoms with Crippen LogP contribution in [0.25, 0.3) is 0 Å². The van der Waals surface area contributed by atoms with Gasteiger partial charge in [0.1, 0.15) is 0 Å². The van der Waals surface area contributed by atoms with Crippen LogP contribution in [0.5, 0.6) is 0 Å². The van der Waals surface area contributed by atoms with Crippen molar-refractivity contribution in [2.45, 2.75) is 6.18 Å². The molecule has 0 unspecified atom stereocenters. The molecule has 75 valence electrons. The van der Waals surface area contributed by atoms with Crippen LogP contribution >= 0.6 is 0 Å². The molecule has 0 spiro atoms. The predicted octanol–water partition coefficient (Wildman–Crippen LogP) is 2.30. The molecule has 0 bridgehead atoms. The minimum absolute atomic E-state index is 0.347. The topological polar surface area (TPSA) is 31.2 Å². The molecule has 0 aromatic heterocycles. The summed E-state index contributed by atoms with van der Waals surface area (Å²) in [5.41, 5.74) is -0.0410. The molecule has 0 saturated carbocycles. The van der Waals surface area contributed by atoms with Crippen LogP contribution in [0.3, 0.4) is 0 Å². The molecule has 0 aliphatic heterocycles. The van der Waals surface area contributed by atoms with Crippen molar-refractivity contribution in [2.75, 3.05) is 7.05 Å². The Labute approximate surface area is 78.7 Å². The Morgan fingerprint density at radius 2 is 2.00 bits per heavy atom. The number of hydrogen-bond acceptors (Lipinski definition) is 1. The minimum atomic E-state index is -4.83. The zero-order valence-electron chi connectivity index (χ0n) is 7.30. The maximum Gasteiger partial charge on any atom is 0.454 e. The van der Waals surface area contributed by atoms with E-state index in [2.05, 4.69) is 5.32 Å². The monoisotopic (exact) mass is 202 g/mol. The van der Waals surface area contributed by atoms with E-state index >= 15 is 0 Å². The van der Waals surface area contributed by atoms with Gasteiger partial charge in [0.2, 0.25) is 0 Å². The molecule has 0 saturated heterocycles. The first-order valence-corrected chi connectivity index (χ1v) is 3.76. The summed E-state index contributed by atoms with van der Waals surface area (Å²) in [5.74, 6) is -1.84. The Kier molecular flexibility index (Phi) is 2.78. The number of carbonyl (C=O) groups excluding carboxylic acids is 1. The summed E-state index contributed by atoms with van der Waals surface area (Å²) in [6, 6.07) is 5.11. The summed E-state index contributed by atoms with van der Waals surface area (Å²) in [7, 11) is 1.44. The summed E-state index contributed by atoms with van der Waals surface area (Å²) < 4.78 is 36.0. The lowest BCUT2D eigenvalue weighted by Gasteiger charge is -2.05.